The largest absolute Gasteiger partial charge is 0.338 e. The van der Waals surface area contributed by atoms with Gasteiger partial charge in [0.15, 0.2) is 0 Å². The van der Waals surface area contributed by atoms with Crippen molar-refractivity contribution >= 4 is 27.7 Å². The maximum atomic E-state index is 13.5. The molecule has 3 saturated heterocycles. The van der Waals surface area contributed by atoms with E-state index in [-0.39, 0.29) is 11.8 Å². The maximum absolute atomic E-state index is 13.5. The molecule has 6 heteroatoms. The van der Waals surface area contributed by atoms with Crippen LogP contribution in [0.25, 0.3) is 0 Å². The zero-order valence-corrected chi connectivity index (χ0v) is 20.9. The van der Waals surface area contributed by atoms with Gasteiger partial charge in [-0.15, -0.1) is 0 Å². The molecule has 0 radical (unpaired) electrons. The van der Waals surface area contributed by atoms with Crippen LogP contribution in [0.2, 0.25) is 0 Å². The molecule has 2 amide bonds. The third kappa shape index (κ3) is 5.02. The predicted octanol–water partition coefficient (Wildman–Crippen LogP) is 4.47. The van der Waals surface area contributed by atoms with E-state index in [0.717, 1.165) is 62.4 Å². The van der Waals surface area contributed by atoms with Crippen molar-refractivity contribution in [2.24, 2.45) is 11.8 Å². The first-order valence-electron chi connectivity index (χ1n) is 12.1. The first kappa shape index (κ1) is 22.6. The molecule has 5 rings (SSSR count). The van der Waals surface area contributed by atoms with Crippen LogP contribution in [-0.2, 0) is 17.9 Å². The van der Waals surface area contributed by atoms with E-state index in [9.17, 15) is 9.59 Å². The molecule has 0 N–H and O–H groups in total. The van der Waals surface area contributed by atoms with Crippen molar-refractivity contribution in [3.8, 4) is 0 Å². The number of piperidine rings is 2. The van der Waals surface area contributed by atoms with Gasteiger partial charge in [0.05, 0.1) is 0 Å². The minimum atomic E-state index is 0.149. The summed E-state index contributed by atoms with van der Waals surface area (Å²) in [5, 5.41) is 0. The molecule has 3 aliphatic rings. The summed E-state index contributed by atoms with van der Waals surface area (Å²) in [7, 11) is 0. The molecule has 0 aromatic heterocycles. The number of fused-ring (bicyclic) bond motifs is 2. The van der Waals surface area contributed by atoms with Gasteiger partial charge < -0.3 is 9.80 Å². The van der Waals surface area contributed by atoms with Crippen molar-refractivity contribution in [1.82, 2.24) is 14.7 Å². The maximum Gasteiger partial charge on any atom is 0.254 e. The lowest BCUT2D eigenvalue weighted by atomic mass is 9.84. The minimum absolute atomic E-state index is 0.149. The topological polar surface area (TPSA) is 43.9 Å². The monoisotopic (exact) mass is 509 g/mol. The SMILES string of the molecule is Cc1ccc(CN2CCCC2=O)cc1C(=O)N1CC2C[C@@H](CN(Cc3ccccc3Br)C2)C1. The molecule has 1 unspecified atom stereocenters. The van der Waals surface area contributed by atoms with Crippen LogP contribution >= 0.6 is 15.9 Å². The first-order chi connectivity index (χ1) is 16.0. The summed E-state index contributed by atoms with van der Waals surface area (Å²) in [6.07, 6.45) is 2.80. The first-order valence-corrected chi connectivity index (χ1v) is 12.9. The van der Waals surface area contributed by atoms with Crippen molar-refractivity contribution < 1.29 is 9.59 Å². The van der Waals surface area contributed by atoms with Gasteiger partial charge in [-0.1, -0.05) is 46.3 Å². The number of rotatable bonds is 5. The summed E-state index contributed by atoms with van der Waals surface area (Å²) < 4.78 is 1.17. The van der Waals surface area contributed by atoms with Crippen LogP contribution in [0.15, 0.2) is 46.9 Å². The summed E-state index contributed by atoms with van der Waals surface area (Å²) in [5.41, 5.74) is 4.19. The van der Waals surface area contributed by atoms with E-state index >= 15 is 0 Å². The zero-order chi connectivity index (χ0) is 22.9. The molecule has 3 aliphatic heterocycles. The number of nitrogens with zero attached hydrogens (tertiary/aromatic N) is 3. The summed E-state index contributed by atoms with van der Waals surface area (Å²) in [6, 6.07) is 14.6. The molecule has 0 aliphatic carbocycles. The lowest BCUT2D eigenvalue weighted by molar-refractivity contribution is -0.128. The fraction of sp³-hybridized carbons (Fsp3) is 0.481. The van der Waals surface area contributed by atoms with Crippen molar-refractivity contribution in [1.29, 1.82) is 0 Å². The number of halogens is 1. The molecule has 2 aromatic carbocycles. The number of amides is 2. The molecule has 5 nitrogen and oxygen atoms in total. The second-order valence-corrected chi connectivity index (χ2v) is 10.9. The highest BCUT2D eigenvalue weighted by Crippen LogP contribution is 2.31. The number of carbonyl (C=O) groups is 2. The van der Waals surface area contributed by atoms with E-state index in [2.05, 4.69) is 56.1 Å². The highest BCUT2D eigenvalue weighted by molar-refractivity contribution is 9.10. The van der Waals surface area contributed by atoms with Crippen LogP contribution in [0.4, 0.5) is 0 Å². The van der Waals surface area contributed by atoms with Gasteiger partial charge in [-0.3, -0.25) is 14.5 Å². The summed E-state index contributed by atoms with van der Waals surface area (Å²) in [4.78, 5) is 32.1. The van der Waals surface area contributed by atoms with Gasteiger partial charge >= 0.3 is 0 Å². The van der Waals surface area contributed by atoms with Gasteiger partial charge in [-0.2, -0.15) is 0 Å². The Kier molecular flexibility index (Phi) is 6.57. The van der Waals surface area contributed by atoms with E-state index in [1.807, 2.05) is 24.0 Å². The molecule has 3 heterocycles. The Balaban J connectivity index is 1.25. The third-order valence-corrected chi connectivity index (χ3v) is 8.15. The molecular weight excluding hydrogens is 478 g/mol. The molecule has 0 spiro atoms. The van der Waals surface area contributed by atoms with Gasteiger partial charge in [0.2, 0.25) is 5.91 Å². The van der Waals surface area contributed by atoms with Crippen LogP contribution < -0.4 is 0 Å². The highest BCUT2D eigenvalue weighted by Gasteiger charge is 2.36. The zero-order valence-electron chi connectivity index (χ0n) is 19.3. The van der Waals surface area contributed by atoms with Gasteiger partial charge in [0, 0.05) is 62.3 Å². The summed E-state index contributed by atoms with van der Waals surface area (Å²) in [5.74, 6) is 1.42. The fourth-order valence-electron chi connectivity index (χ4n) is 5.81. The molecular formula is C27H32BrN3O2. The molecule has 174 valence electrons. The Hall–Kier alpha value is -2.18. The Morgan fingerprint density at radius 3 is 2.48 bits per heavy atom. The van der Waals surface area contributed by atoms with Gasteiger partial charge in [0.1, 0.15) is 0 Å². The second-order valence-electron chi connectivity index (χ2n) is 10.0. The fourth-order valence-corrected chi connectivity index (χ4v) is 6.22. The summed E-state index contributed by atoms with van der Waals surface area (Å²) in [6.45, 7) is 8.14. The molecule has 2 bridgehead atoms. The number of hydrogen-bond acceptors (Lipinski definition) is 3. The highest BCUT2D eigenvalue weighted by atomic mass is 79.9. The van der Waals surface area contributed by atoms with Gasteiger partial charge in [0.25, 0.3) is 5.91 Å². The Labute approximate surface area is 204 Å². The second kappa shape index (κ2) is 9.59. The molecule has 2 aromatic rings. The number of likely N-dealkylation sites (tertiary alicyclic amines) is 3. The summed E-state index contributed by atoms with van der Waals surface area (Å²) >= 11 is 3.68. The smallest absolute Gasteiger partial charge is 0.254 e. The number of aryl methyl sites for hydroxylation is 1. The lowest BCUT2D eigenvalue weighted by Crippen LogP contribution is -2.53. The predicted molar refractivity (Wildman–Crippen MR) is 133 cm³/mol. The van der Waals surface area contributed by atoms with Crippen LogP contribution in [-0.4, -0.2) is 59.2 Å². The molecule has 3 fully saturated rings. The minimum Gasteiger partial charge on any atom is -0.338 e. The quantitative estimate of drug-likeness (QED) is 0.596. The van der Waals surface area contributed by atoms with E-state index in [0.29, 0.717) is 24.8 Å². The normalized spacial score (nSPS) is 23.3. The van der Waals surface area contributed by atoms with Crippen LogP contribution in [0.3, 0.4) is 0 Å². The lowest BCUT2D eigenvalue weighted by Gasteiger charge is -2.46. The number of hydrogen-bond donors (Lipinski definition) is 0. The van der Waals surface area contributed by atoms with Crippen molar-refractivity contribution in [2.75, 3.05) is 32.7 Å². The van der Waals surface area contributed by atoms with E-state index in [1.165, 1.54) is 16.5 Å². The standard InChI is InChI=1S/C27H32BrN3O2/c1-19-8-9-20(15-30-10-4-7-26(30)32)12-24(19)27(33)31-16-21-11-22(17-31)14-29(13-21)18-23-5-2-3-6-25(23)28/h2-3,5-6,8-9,12,21-22H,4,7,10-11,13-18H2,1H3/t21-,22?/m0/s1. The van der Waals surface area contributed by atoms with Crippen LogP contribution in [0.1, 0.15) is 46.3 Å². The molecule has 33 heavy (non-hydrogen) atoms. The van der Waals surface area contributed by atoms with Crippen LogP contribution in [0.5, 0.6) is 0 Å². The number of carbonyl (C=O) groups excluding carboxylic acids is 2. The Morgan fingerprint density at radius 1 is 1.03 bits per heavy atom. The van der Waals surface area contributed by atoms with E-state index in [1.54, 1.807) is 0 Å². The average molecular weight is 510 g/mol. The molecule has 2 atom stereocenters. The van der Waals surface area contributed by atoms with Gasteiger partial charge in [-0.05, 0) is 60.4 Å². The van der Waals surface area contributed by atoms with E-state index in [4.69, 9.17) is 0 Å². The third-order valence-electron chi connectivity index (χ3n) is 7.37. The van der Waals surface area contributed by atoms with Gasteiger partial charge in [-0.25, -0.2) is 0 Å². The van der Waals surface area contributed by atoms with Crippen molar-refractivity contribution in [3.05, 3.63) is 69.2 Å². The molecule has 0 saturated carbocycles. The Bertz CT molecular complexity index is 1040. The van der Waals surface area contributed by atoms with Crippen molar-refractivity contribution in [3.63, 3.8) is 0 Å². The van der Waals surface area contributed by atoms with Crippen molar-refractivity contribution in [2.45, 2.75) is 39.3 Å². The average Bonchev–Trinajstić information content (AvgIpc) is 3.20. The Morgan fingerprint density at radius 2 is 1.79 bits per heavy atom. The number of benzene rings is 2. The van der Waals surface area contributed by atoms with E-state index < -0.39 is 0 Å². The van der Waals surface area contributed by atoms with Crippen LogP contribution in [0, 0.1) is 18.8 Å².